The largest absolute Gasteiger partial charge is 0.346 e. The van der Waals surface area contributed by atoms with Gasteiger partial charge in [-0.3, -0.25) is 9.89 Å². The summed E-state index contributed by atoms with van der Waals surface area (Å²) < 4.78 is 25.0. The molecular weight excluding hydrogens is 378 g/mol. The van der Waals surface area contributed by atoms with Crippen LogP contribution in [-0.2, 0) is 14.6 Å². The number of nitrogens with one attached hydrogen (secondary N) is 2. The Kier molecular flexibility index (Phi) is 8.03. The lowest BCUT2D eigenvalue weighted by atomic mass is 9.94. The number of hydrogen-bond donors (Lipinski definition) is 2. The van der Waals surface area contributed by atoms with E-state index >= 15 is 0 Å². The Labute approximate surface area is 167 Å². The number of sulfone groups is 1. The molecule has 9 heteroatoms. The molecule has 158 valence electrons. The standard InChI is InChI=1S/C19H33N5O3S/c1-5-7-9-10-12-15(11-8-6-2)19(25)20-14(3)18-22-21-16-13-17(23-24(16)18)28(4,26)27/h13-15,23H,5-12H2,1-4H3,(H,20,25). The van der Waals surface area contributed by atoms with E-state index in [1.165, 1.54) is 23.4 Å². The van der Waals surface area contributed by atoms with Gasteiger partial charge < -0.3 is 5.32 Å². The molecule has 2 heterocycles. The quantitative estimate of drug-likeness (QED) is 0.520. The van der Waals surface area contributed by atoms with Crippen molar-refractivity contribution in [2.45, 2.75) is 83.2 Å². The molecule has 0 saturated carbocycles. The number of H-pyrrole nitrogens is 1. The first-order valence-corrected chi connectivity index (χ1v) is 12.1. The molecule has 0 aliphatic carbocycles. The molecule has 2 unspecified atom stereocenters. The third-order valence-electron chi connectivity index (χ3n) is 5.02. The number of carbonyl (C=O) groups excluding carboxylic acids is 1. The highest BCUT2D eigenvalue weighted by atomic mass is 32.2. The lowest BCUT2D eigenvalue weighted by Crippen LogP contribution is -2.34. The molecular formula is C19H33N5O3S. The molecule has 0 spiro atoms. The molecule has 2 aromatic heterocycles. The minimum absolute atomic E-state index is 0.00195. The Hall–Kier alpha value is -1.90. The zero-order chi connectivity index (χ0) is 20.7. The summed E-state index contributed by atoms with van der Waals surface area (Å²) in [6.07, 6.45) is 9.61. The lowest BCUT2D eigenvalue weighted by molar-refractivity contribution is -0.126. The van der Waals surface area contributed by atoms with E-state index in [1.807, 2.05) is 6.92 Å². The summed E-state index contributed by atoms with van der Waals surface area (Å²) in [5.74, 6) is 0.514. The highest BCUT2D eigenvalue weighted by molar-refractivity contribution is 7.90. The van der Waals surface area contributed by atoms with Crippen molar-refractivity contribution in [3.63, 3.8) is 0 Å². The minimum atomic E-state index is -3.37. The van der Waals surface area contributed by atoms with Crippen LogP contribution in [0.2, 0.25) is 0 Å². The fraction of sp³-hybridized carbons (Fsp3) is 0.737. The highest BCUT2D eigenvalue weighted by Crippen LogP contribution is 2.20. The molecule has 0 saturated heterocycles. The van der Waals surface area contributed by atoms with Crippen molar-refractivity contribution < 1.29 is 13.2 Å². The van der Waals surface area contributed by atoms with Crippen molar-refractivity contribution in [3.8, 4) is 0 Å². The Morgan fingerprint density at radius 3 is 2.46 bits per heavy atom. The molecule has 2 atom stereocenters. The first kappa shape index (κ1) is 22.4. The number of aromatic nitrogens is 4. The highest BCUT2D eigenvalue weighted by Gasteiger charge is 2.23. The van der Waals surface area contributed by atoms with E-state index in [-0.39, 0.29) is 22.9 Å². The third kappa shape index (κ3) is 5.80. The molecule has 0 aromatic carbocycles. The maximum Gasteiger partial charge on any atom is 0.223 e. The SMILES string of the molecule is CCCCCCC(CCCC)C(=O)NC(C)c1nnc2cc(S(C)(=O)=O)[nH]n12. The summed E-state index contributed by atoms with van der Waals surface area (Å²) in [5, 5.41) is 14.0. The number of rotatable bonds is 12. The van der Waals surface area contributed by atoms with Crippen LogP contribution in [0.15, 0.2) is 11.1 Å². The van der Waals surface area contributed by atoms with Crippen molar-refractivity contribution in [3.05, 3.63) is 11.9 Å². The topological polar surface area (TPSA) is 109 Å². The summed E-state index contributed by atoms with van der Waals surface area (Å²) in [6, 6.07) is 1.06. The lowest BCUT2D eigenvalue weighted by Gasteiger charge is -2.19. The molecule has 1 amide bonds. The van der Waals surface area contributed by atoms with Gasteiger partial charge in [-0.1, -0.05) is 52.4 Å². The molecule has 2 N–H and O–H groups in total. The van der Waals surface area contributed by atoms with Gasteiger partial charge in [0.1, 0.15) is 0 Å². The van der Waals surface area contributed by atoms with Crippen molar-refractivity contribution in [2.24, 2.45) is 5.92 Å². The van der Waals surface area contributed by atoms with Gasteiger partial charge in [0.2, 0.25) is 5.91 Å². The van der Waals surface area contributed by atoms with Crippen molar-refractivity contribution >= 4 is 21.4 Å². The van der Waals surface area contributed by atoms with Crippen LogP contribution in [0.4, 0.5) is 0 Å². The van der Waals surface area contributed by atoms with Gasteiger partial charge in [-0.05, 0) is 19.8 Å². The van der Waals surface area contributed by atoms with E-state index in [4.69, 9.17) is 0 Å². The molecule has 0 radical (unpaired) electrons. The second-order valence-electron chi connectivity index (χ2n) is 7.56. The van der Waals surface area contributed by atoms with Crippen molar-refractivity contribution in [2.75, 3.05) is 6.26 Å². The number of amides is 1. The summed E-state index contributed by atoms with van der Waals surface area (Å²) >= 11 is 0. The second-order valence-corrected chi connectivity index (χ2v) is 9.55. The van der Waals surface area contributed by atoms with Crippen LogP contribution < -0.4 is 5.32 Å². The number of nitrogens with zero attached hydrogens (tertiary/aromatic N) is 3. The molecule has 2 rings (SSSR count). The Morgan fingerprint density at radius 1 is 1.14 bits per heavy atom. The summed E-state index contributed by atoms with van der Waals surface area (Å²) in [5.41, 5.74) is 0.415. The average molecular weight is 412 g/mol. The number of unbranched alkanes of at least 4 members (excludes halogenated alkanes) is 4. The predicted molar refractivity (Wildman–Crippen MR) is 109 cm³/mol. The van der Waals surface area contributed by atoms with Gasteiger partial charge in [-0.2, -0.15) is 0 Å². The van der Waals surface area contributed by atoms with Crippen LogP contribution in [0.3, 0.4) is 0 Å². The normalized spacial score (nSPS) is 14.3. The van der Waals surface area contributed by atoms with Crippen LogP contribution in [0, 0.1) is 5.92 Å². The molecule has 0 fully saturated rings. The fourth-order valence-corrected chi connectivity index (χ4v) is 3.89. The summed E-state index contributed by atoms with van der Waals surface area (Å²) in [4.78, 5) is 12.8. The zero-order valence-corrected chi connectivity index (χ0v) is 18.2. The van der Waals surface area contributed by atoms with Gasteiger partial charge in [0.25, 0.3) is 0 Å². The minimum Gasteiger partial charge on any atom is -0.346 e. The van der Waals surface area contributed by atoms with E-state index in [0.717, 1.165) is 44.8 Å². The van der Waals surface area contributed by atoms with Gasteiger partial charge in [0.15, 0.2) is 26.3 Å². The van der Waals surface area contributed by atoms with E-state index < -0.39 is 9.84 Å². The van der Waals surface area contributed by atoms with E-state index in [9.17, 15) is 13.2 Å². The monoisotopic (exact) mass is 411 g/mol. The molecule has 8 nitrogen and oxygen atoms in total. The van der Waals surface area contributed by atoms with Crippen LogP contribution >= 0.6 is 0 Å². The zero-order valence-electron chi connectivity index (χ0n) is 17.4. The second kappa shape index (κ2) is 10.0. The van der Waals surface area contributed by atoms with E-state index in [2.05, 4.69) is 34.5 Å². The molecule has 2 aromatic rings. The third-order valence-corrected chi connectivity index (χ3v) is 6.03. The summed E-state index contributed by atoms with van der Waals surface area (Å²) in [7, 11) is -3.37. The van der Waals surface area contributed by atoms with Crippen LogP contribution in [0.5, 0.6) is 0 Å². The Bertz CT molecular complexity index is 871. The van der Waals surface area contributed by atoms with Crippen LogP contribution in [0.25, 0.3) is 5.65 Å². The van der Waals surface area contributed by atoms with Gasteiger partial charge in [0, 0.05) is 18.2 Å². The molecule has 0 aliphatic rings. The van der Waals surface area contributed by atoms with Crippen LogP contribution in [-0.4, -0.2) is 40.4 Å². The van der Waals surface area contributed by atoms with E-state index in [1.54, 1.807) is 0 Å². The van der Waals surface area contributed by atoms with Crippen molar-refractivity contribution in [1.29, 1.82) is 0 Å². The first-order valence-electron chi connectivity index (χ1n) is 10.2. The molecule has 0 aliphatic heterocycles. The van der Waals surface area contributed by atoms with Gasteiger partial charge in [-0.15, -0.1) is 10.2 Å². The van der Waals surface area contributed by atoms with Crippen LogP contribution in [0.1, 0.15) is 84.0 Å². The average Bonchev–Trinajstić information content (AvgIpc) is 3.21. The summed E-state index contributed by atoms with van der Waals surface area (Å²) in [6.45, 7) is 6.15. The van der Waals surface area contributed by atoms with Gasteiger partial charge >= 0.3 is 0 Å². The maximum atomic E-state index is 12.8. The number of carbonyl (C=O) groups is 1. The Morgan fingerprint density at radius 2 is 1.82 bits per heavy atom. The van der Waals surface area contributed by atoms with Crippen molar-refractivity contribution in [1.82, 2.24) is 25.1 Å². The van der Waals surface area contributed by atoms with Gasteiger partial charge in [0.05, 0.1) is 6.04 Å². The molecule has 28 heavy (non-hydrogen) atoms. The van der Waals surface area contributed by atoms with E-state index in [0.29, 0.717) is 11.5 Å². The Balaban J connectivity index is 2.08. The molecule has 0 bridgehead atoms. The smallest absolute Gasteiger partial charge is 0.223 e. The number of fused-ring (bicyclic) bond motifs is 1. The first-order chi connectivity index (χ1) is 13.3. The predicted octanol–water partition coefficient (Wildman–Crippen LogP) is 3.41. The fourth-order valence-electron chi connectivity index (χ4n) is 3.32. The number of aromatic amines is 1. The maximum absolute atomic E-state index is 12.8. The number of hydrogen-bond acceptors (Lipinski definition) is 5. The van der Waals surface area contributed by atoms with Gasteiger partial charge in [-0.25, -0.2) is 12.9 Å².